The van der Waals surface area contributed by atoms with Crippen molar-refractivity contribution in [3.8, 4) is 11.3 Å². The fourth-order valence-electron chi connectivity index (χ4n) is 2.28. The lowest BCUT2D eigenvalue weighted by Crippen LogP contribution is -2.21. The molecule has 1 N–H and O–H groups in total. The number of nitrogens with one attached hydrogen (secondary N) is 1. The number of rotatable bonds is 6. The Morgan fingerprint density at radius 3 is 2.33 bits per heavy atom. The molecule has 2 aromatic carbocycles. The van der Waals surface area contributed by atoms with Gasteiger partial charge in [-0.25, -0.2) is 0 Å². The zero-order valence-electron chi connectivity index (χ0n) is 14.2. The molecule has 0 saturated carbocycles. The van der Waals surface area contributed by atoms with Gasteiger partial charge in [0.25, 0.3) is 10.0 Å². The van der Waals surface area contributed by atoms with E-state index < -0.39 is 16.0 Å². The molecule has 0 bridgehead atoms. The van der Waals surface area contributed by atoms with Gasteiger partial charge in [0, 0.05) is 5.56 Å². The Bertz CT molecular complexity index is 1080. The summed E-state index contributed by atoms with van der Waals surface area (Å²) in [6, 6.07) is 15.7. The van der Waals surface area contributed by atoms with E-state index in [2.05, 4.69) is 9.93 Å². The van der Waals surface area contributed by atoms with Gasteiger partial charge >= 0.3 is 0 Å². The zero-order chi connectivity index (χ0) is 19.4. The predicted octanol–water partition coefficient (Wildman–Crippen LogP) is 1.93. The van der Waals surface area contributed by atoms with Crippen LogP contribution in [0.15, 0.2) is 75.1 Å². The maximum Gasteiger partial charge on any atom is 0.276 e. The number of benzene rings is 2. The first-order chi connectivity index (χ1) is 12.8. The van der Waals surface area contributed by atoms with E-state index in [4.69, 9.17) is 4.42 Å². The molecule has 0 saturated heterocycles. The van der Waals surface area contributed by atoms with Gasteiger partial charge in [-0.3, -0.25) is 0 Å². The number of carbonyl (C=O) groups is 1. The van der Waals surface area contributed by atoms with Gasteiger partial charge in [-0.15, -0.1) is 0 Å². The Morgan fingerprint density at radius 1 is 1.04 bits per heavy atom. The molecule has 8 heteroatoms. The number of furan rings is 1. The number of carboxylic acid groups (broad SMARTS) is 1. The molecule has 0 aliphatic carbocycles. The molecule has 1 heterocycles. The van der Waals surface area contributed by atoms with Crippen molar-refractivity contribution in [2.45, 2.75) is 11.8 Å². The molecule has 138 valence electrons. The summed E-state index contributed by atoms with van der Waals surface area (Å²) in [4.78, 5) is 13.0. The molecule has 7 nitrogen and oxygen atoms in total. The van der Waals surface area contributed by atoms with Crippen molar-refractivity contribution in [1.82, 2.24) is 4.83 Å². The lowest BCUT2D eigenvalue weighted by atomic mass is 10.1. The van der Waals surface area contributed by atoms with Crippen LogP contribution in [0.25, 0.3) is 11.3 Å². The maximum atomic E-state index is 12.1. The van der Waals surface area contributed by atoms with Crippen molar-refractivity contribution in [3.05, 3.63) is 77.6 Å². The number of hydrogen-bond donors (Lipinski definition) is 1. The van der Waals surface area contributed by atoms with Crippen molar-refractivity contribution in [2.75, 3.05) is 0 Å². The molecule has 0 unspecified atom stereocenters. The van der Waals surface area contributed by atoms with E-state index in [9.17, 15) is 18.3 Å². The van der Waals surface area contributed by atoms with E-state index in [1.807, 2.05) is 6.92 Å². The van der Waals surface area contributed by atoms with E-state index in [0.717, 1.165) is 5.56 Å². The fourth-order valence-corrected chi connectivity index (χ4v) is 3.07. The maximum absolute atomic E-state index is 12.1. The molecule has 27 heavy (non-hydrogen) atoms. The smallest absolute Gasteiger partial charge is 0.276 e. The lowest BCUT2D eigenvalue weighted by molar-refractivity contribution is -0.255. The third-order valence-electron chi connectivity index (χ3n) is 3.73. The monoisotopic (exact) mass is 383 g/mol. The second-order valence-corrected chi connectivity index (χ2v) is 7.39. The molecular formula is C19H15N2O5S-. The van der Waals surface area contributed by atoms with Gasteiger partial charge in [-0.05, 0) is 36.8 Å². The summed E-state index contributed by atoms with van der Waals surface area (Å²) in [5.74, 6) is -0.432. The quantitative estimate of drug-likeness (QED) is 0.516. The Kier molecular flexibility index (Phi) is 5.09. The summed E-state index contributed by atoms with van der Waals surface area (Å²) in [6.45, 7) is 1.86. The van der Waals surface area contributed by atoms with Crippen LogP contribution in [0.1, 0.15) is 21.7 Å². The lowest BCUT2D eigenvalue weighted by Gasteiger charge is -2.03. The number of sulfonamides is 1. The average molecular weight is 383 g/mol. The minimum atomic E-state index is -3.76. The predicted molar refractivity (Wildman–Crippen MR) is 97.6 cm³/mol. The van der Waals surface area contributed by atoms with Gasteiger partial charge < -0.3 is 14.3 Å². The number of carbonyl (C=O) groups excluding carboxylic acids is 1. The van der Waals surface area contributed by atoms with Gasteiger partial charge in [-0.1, -0.05) is 42.0 Å². The average Bonchev–Trinajstić information content (AvgIpc) is 3.11. The highest BCUT2D eigenvalue weighted by Gasteiger charge is 2.12. The van der Waals surface area contributed by atoms with Crippen molar-refractivity contribution in [3.63, 3.8) is 0 Å². The minimum Gasteiger partial charge on any atom is -0.545 e. The standard InChI is InChI=1S/C19H16N2O5S/c1-13-2-9-17(10-3-13)27(24,25)21-20-12-16-8-11-18(26-16)14-4-6-15(7-5-14)19(22)23/h2-12,21H,1H3,(H,22,23)/p-1/b20-12-. The Morgan fingerprint density at radius 2 is 1.70 bits per heavy atom. The van der Waals surface area contributed by atoms with E-state index in [1.165, 1.54) is 30.5 Å². The summed E-state index contributed by atoms with van der Waals surface area (Å²) >= 11 is 0. The highest BCUT2D eigenvalue weighted by Crippen LogP contribution is 2.22. The topological polar surface area (TPSA) is 112 Å². The van der Waals surface area contributed by atoms with E-state index in [-0.39, 0.29) is 10.5 Å². The van der Waals surface area contributed by atoms with Gasteiger partial charge in [0.15, 0.2) is 0 Å². The molecule has 0 aliphatic heterocycles. The van der Waals surface area contributed by atoms with Gasteiger partial charge in [-0.2, -0.15) is 18.4 Å². The van der Waals surface area contributed by atoms with Crippen molar-refractivity contribution >= 4 is 22.2 Å². The van der Waals surface area contributed by atoms with Crippen LogP contribution >= 0.6 is 0 Å². The molecule has 3 rings (SSSR count). The highest BCUT2D eigenvalue weighted by molar-refractivity contribution is 7.89. The Labute approximate surface area is 156 Å². The first-order valence-corrected chi connectivity index (χ1v) is 9.37. The summed E-state index contributed by atoms with van der Waals surface area (Å²) in [7, 11) is -3.76. The molecular weight excluding hydrogens is 368 g/mol. The van der Waals surface area contributed by atoms with Crippen LogP contribution in [0.2, 0.25) is 0 Å². The number of hydrogen-bond acceptors (Lipinski definition) is 6. The molecule has 0 aliphatic rings. The number of aromatic carboxylic acids is 1. The number of hydrazone groups is 1. The van der Waals surface area contributed by atoms with E-state index in [1.54, 1.807) is 36.4 Å². The zero-order valence-corrected chi connectivity index (χ0v) is 15.1. The fraction of sp³-hybridized carbons (Fsp3) is 0.0526. The van der Waals surface area contributed by atoms with Crippen LogP contribution in [0.3, 0.4) is 0 Å². The van der Waals surface area contributed by atoms with Crippen LogP contribution in [0.5, 0.6) is 0 Å². The van der Waals surface area contributed by atoms with Crippen molar-refractivity contribution in [2.24, 2.45) is 5.10 Å². The van der Waals surface area contributed by atoms with Crippen LogP contribution < -0.4 is 9.94 Å². The first kappa shape index (κ1) is 18.4. The second-order valence-electron chi connectivity index (χ2n) is 5.73. The van der Waals surface area contributed by atoms with Gasteiger partial charge in [0.2, 0.25) is 0 Å². The highest BCUT2D eigenvalue weighted by atomic mass is 32.2. The minimum absolute atomic E-state index is 0.0672. The number of carboxylic acids is 1. The molecule has 3 aromatic rings. The Hall–Kier alpha value is -3.39. The summed E-state index contributed by atoms with van der Waals surface area (Å²) in [5, 5.41) is 14.5. The molecule has 0 fully saturated rings. The molecule has 0 amide bonds. The second kappa shape index (κ2) is 7.46. The Balaban J connectivity index is 1.70. The third-order valence-corrected chi connectivity index (χ3v) is 4.97. The van der Waals surface area contributed by atoms with Crippen molar-refractivity contribution in [1.29, 1.82) is 0 Å². The molecule has 0 spiro atoms. The van der Waals surface area contributed by atoms with Gasteiger partial charge in [0.05, 0.1) is 17.1 Å². The molecule has 1 aromatic heterocycles. The van der Waals surface area contributed by atoms with Gasteiger partial charge in [0.1, 0.15) is 11.5 Å². The first-order valence-electron chi connectivity index (χ1n) is 7.88. The van der Waals surface area contributed by atoms with Crippen LogP contribution in [0.4, 0.5) is 0 Å². The van der Waals surface area contributed by atoms with Crippen LogP contribution in [-0.2, 0) is 10.0 Å². The van der Waals surface area contributed by atoms with E-state index >= 15 is 0 Å². The third kappa shape index (κ3) is 4.42. The van der Waals surface area contributed by atoms with Crippen LogP contribution in [-0.4, -0.2) is 20.6 Å². The van der Waals surface area contributed by atoms with E-state index in [0.29, 0.717) is 17.1 Å². The number of aryl methyl sites for hydroxylation is 1. The summed E-state index contributed by atoms with van der Waals surface area (Å²) in [5.41, 5.74) is 1.69. The van der Waals surface area contributed by atoms with Crippen LogP contribution in [0, 0.1) is 6.92 Å². The molecule has 0 radical (unpaired) electrons. The molecule has 0 atom stereocenters. The SMILES string of the molecule is Cc1ccc(S(=O)(=O)N/N=C\c2ccc(-c3ccc(C(=O)[O-])cc3)o2)cc1. The van der Waals surface area contributed by atoms with Crippen molar-refractivity contribution < 1.29 is 22.7 Å². The number of nitrogens with zero attached hydrogens (tertiary/aromatic N) is 1. The largest absolute Gasteiger partial charge is 0.545 e. The summed E-state index contributed by atoms with van der Waals surface area (Å²) in [6.07, 6.45) is 1.24. The normalized spacial score (nSPS) is 11.6. The summed E-state index contributed by atoms with van der Waals surface area (Å²) < 4.78 is 29.8.